The van der Waals surface area contributed by atoms with Crippen molar-refractivity contribution in [3.05, 3.63) is 53.4 Å². The molecule has 1 N–H and O–H groups in total. The number of benzene rings is 1. The summed E-state index contributed by atoms with van der Waals surface area (Å²) in [5.74, 6) is 0.0149. The Morgan fingerprint density at radius 1 is 1.27 bits per heavy atom. The third-order valence-corrected chi connectivity index (χ3v) is 5.10. The molecule has 1 aromatic heterocycles. The Morgan fingerprint density at radius 2 is 1.95 bits per heavy atom. The molecule has 2 rings (SSSR count). The largest absolute Gasteiger partial charge is 0.467 e. The van der Waals surface area contributed by atoms with Crippen LogP contribution < -0.4 is 5.32 Å². The molecule has 2 aromatic rings. The van der Waals surface area contributed by atoms with Gasteiger partial charge in [-0.05, 0) is 43.3 Å². The summed E-state index contributed by atoms with van der Waals surface area (Å²) >= 11 is 5.73. The van der Waals surface area contributed by atoms with E-state index in [1.165, 1.54) is 30.5 Å². The van der Waals surface area contributed by atoms with Gasteiger partial charge in [-0.2, -0.15) is 0 Å². The fourth-order valence-corrected chi connectivity index (χ4v) is 3.28. The second kappa shape index (κ2) is 6.98. The van der Waals surface area contributed by atoms with Gasteiger partial charge in [-0.3, -0.25) is 4.79 Å². The SMILES string of the molecule is C[C@H](NC(=O)CCS(=O)(=O)c1ccc(Cl)cc1)c1ccco1. The molecule has 1 aromatic carbocycles. The third kappa shape index (κ3) is 4.35. The van der Waals surface area contributed by atoms with Crippen LogP contribution in [0.2, 0.25) is 5.02 Å². The van der Waals surface area contributed by atoms with Crippen LogP contribution >= 0.6 is 11.6 Å². The quantitative estimate of drug-likeness (QED) is 0.876. The fourth-order valence-electron chi connectivity index (χ4n) is 1.91. The molecule has 5 nitrogen and oxygen atoms in total. The highest BCUT2D eigenvalue weighted by atomic mass is 35.5. The summed E-state index contributed by atoms with van der Waals surface area (Å²) in [6.45, 7) is 1.77. The molecule has 0 bridgehead atoms. The van der Waals surface area contributed by atoms with Gasteiger partial charge in [-0.1, -0.05) is 11.6 Å². The Bertz CT molecular complexity index is 723. The summed E-state index contributed by atoms with van der Waals surface area (Å²) in [6.07, 6.45) is 1.40. The van der Waals surface area contributed by atoms with Crippen LogP contribution in [0.4, 0.5) is 0 Å². The number of sulfone groups is 1. The molecule has 0 spiro atoms. The second-order valence-corrected chi connectivity index (χ2v) is 7.37. The van der Waals surface area contributed by atoms with Crippen molar-refractivity contribution in [2.24, 2.45) is 0 Å². The summed E-state index contributed by atoms with van der Waals surface area (Å²) in [6, 6.07) is 9.04. The number of carbonyl (C=O) groups excluding carboxylic acids is 1. The van der Waals surface area contributed by atoms with E-state index in [9.17, 15) is 13.2 Å². The molecular formula is C15H16ClNO4S. The normalized spacial score (nSPS) is 12.8. The van der Waals surface area contributed by atoms with Crippen LogP contribution in [0, 0.1) is 0 Å². The zero-order valence-electron chi connectivity index (χ0n) is 12.0. The average Bonchev–Trinajstić information content (AvgIpc) is 3.00. The Labute approximate surface area is 134 Å². The van der Waals surface area contributed by atoms with Crippen molar-refractivity contribution in [2.75, 3.05) is 5.75 Å². The van der Waals surface area contributed by atoms with Crippen molar-refractivity contribution in [3.8, 4) is 0 Å². The maximum atomic E-state index is 12.1. The molecule has 1 heterocycles. The van der Waals surface area contributed by atoms with E-state index < -0.39 is 9.84 Å². The van der Waals surface area contributed by atoms with Gasteiger partial charge in [0.2, 0.25) is 5.91 Å². The number of hydrogen-bond donors (Lipinski definition) is 1. The summed E-state index contributed by atoms with van der Waals surface area (Å²) in [5.41, 5.74) is 0. The summed E-state index contributed by atoms with van der Waals surface area (Å²) < 4.78 is 29.4. The van der Waals surface area contributed by atoms with E-state index in [0.717, 1.165) is 0 Å². The Morgan fingerprint density at radius 3 is 2.55 bits per heavy atom. The highest BCUT2D eigenvalue weighted by molar-refractivity contribution is 7.91. The lowest BCUT2D eigenvalue weighted by Crippen LogP contribution is -2.28. The van der Waals surface area contributed by atoms with Gasteiger partial charge in [0.25, 0.3) is 0 Å². The highest BCUT2D eigenvalue weighted by Gasteiger charge is 2.18. The van der Waals surface area contributed by atoms with E-state index in [1.54, 1.807) is 19.1 Å². The van der Waals surface area contributed by atoms with Crippen molar-refractivity contribution in [3.63, 3.8) is 0 Å². The molecule has 1 atom stereocenters. The molecule has 0 saturated heterocycles. The van der Waals surface area contributed by atoms with Crippen molar-refractivity contribution < 1.29 is 17.6 Å². The van der Waals surface area contributed by atoms with E-state index in [1.807, 2.05) is 0 Å². The van der Waals surface area contributed by atoms with Crippen LogP contribution in [0.3, 0.4) is 0 Å². The predicted octanol–water partition coefficient (Wildman–Crippen LogP) is 2.97. The third-order valence-electron chi connectivity index (χ3n) is 3.12. The number of carbonyl (C=O) groups is 1. The van der Waals surface area contributed by atoms with E-state index in [0.29, 0.717) is 10.8 Å². The lowest BCUT2D eigenvalue weighted by atomic mass is 10.2. The molecule has 0 fully saturated rings. The Balaban J connectivity index is 1.91. The van der Waals surface area contributed by atoms with Crippen molar-refractivity contribution in [1.82, 2.24) is 5.32 Å². The maximum absolute atomic E-state index is 12.1. The first-order chi connectivity index (χ1) is 10.4. The number of hydrogen-bond acceptors (Lipinski definition) is 4. The molecular weight excluding hydrogens is 326 g/mol. The van der Waals surface area contributed by atoms with Crippen LogP contribution in [0.15, 0.2) is 52.0 Å². The first-order valence-electron chi connectivity index (χ1n) is 6.69. The standard InChI is InChI=1S/C15H16ClNO4S/c1-11(14-3-2-9-21-14)17-15(18)8-10-22(19,20)13-6-4-12(16)5-7-13/h2-7,9,11H,8,10H2,1H3,(H,17,18)/t11-/m0/s1. The summed E-state index contributed by atoms with van der Waals surface area (Å²) in [7, 11) is -3.50. The molecule has 0 aliphatic rings. The molecule has 0 unspecified atom stereocenters. The smallest absolute Gasteiger partial charge is 0.221 e. The van der Waals surface area contributed by atoms with Gasteiger partial charge in [0, 0.05) is 11.4 Å². The molecule has 0 aliphatic carbocycles. The topological polar surface area (TPSA) is 76.4 Å². The number of rotatable bonds is 6. The molecule has 0 saturated carbocycles. The maximum Gasteiger partial charge on any atom is 0.221 e. The first kappa shape index (κ1) is 16.6. The molecule has 22 heavy (non-hydrogen) atoms. The zero-order valence-corrected chi connectivity index (χ0v) is 13.5. The number of nitrogens with one attached hydrogen (secondary N) is 1. The number of halogens is 1. The minimum absolute atomic E-state index is 0.115. The minimum atomic E-state index is -3.50. The lowest BCUT2D eigenvalue weighted by Gasteiger charge is -2.11. The average molecular weight is 342 g/mol. The van der Waals surface area contributed by atoms with Crippen molar-refractivity contribution >= 4 is 27.3 Å². The van der Waals surface area contributed by atoms with Crippen LogP contribution in [0.5, 0.6) is 0 Å². The fraction of sp³-hybridized carbons (Fsp3) is 0.267. The summed E-state index contributed by atoms with van der Waals surface area (Å²) in [4.78, 5) is 12.0. The number of furan rings is 1. The minimum Gasteiger partial charge on any atom is -0.467 e. The molecule has 0 radical (unpaired) electrons. The van der Waals surface area contributed by atoms with Crippen LogP contribution in [-0.4, -0.2) is 20.1 Å². The Kier molecular flexibility index (Phi) is 5.26. The van der Waals surface area contributed by atoms with Crippen LogP contribution in [0.1, 0.15) is 25.1 Å². The second-order valence-electron chi connectivity index (χ2n) is 4.83. The van der Waals surface area contributed by atoms with E-state index >= 15 is 0 Å². The van der Waals surface area contributed by atoms with E-state index in [2.05, 4.69) is 5.32 Å². The van der Waals surface area contributed by atoms with Gasteiger partial charge >= 0.3 is 0 Å². The highest BCUT2D eigenvalue weighted by Crippen LogP contribution is 2.16. The van der Waals surface area contributed by atoms with Crippen molar-refractivity contribution in [1.29, 1.82) is 0 Å². The molecule has 1 amide bonds. The zero-order chi connectivity index (χ0) is 16.2. The van der Waals surface area contributed by atoms with Crippen molar-refractivity contribution in [2.45, 2.75) is 24.3 Å². The van der Waals surface area contributed by atoms with Gasteiger partial charge in [0.15, 0.2) is 9.84 Å². The number of amides is 1. The van der Waals surface area contributed by atoms with Crippen LogP contribution in [0.25, 0.3) is 0 Å². The van der Waals surface area contributed by atoms with Gasteiger partial charge in [-0.15, -0.1) is 0 Å². The molecule has 118 valence electrons. The summed E-state index contributed by atoms with van der Waals surface area (Å²) in [5, 5.41) is 3.16. The monoisotopic (exact) mass is 341 g/mol. The van der Waals surface area contributed by atoms with E-state index in [-0.39, 0.29) is 29.0 Å². The van der Waals surface area contributed by atoms with Crippen LogP contribution in [-0.2, 0) is 14.6 Å². The van der Waals surface area contributed by atoms with E-state index in [4.69, 9.17) is 16.0 Å². The van der Waals surface area contributed by atoms with Gasteiger partial charge in [-0.25, -0.2) is 8.42 Å². The molecule has 7 heteroatoms. The Hall–Kier alpha value is -1.79. The van der Waals surface area contributed by atoms with Gasteiger partial charge < -0.3 is 9.73 Å². The molecule has 0 aliphatic heterocycles. The first-order valence-corrected chi connectivity index (χ1v) is 8.72. The van der Waals surface area contributed by atoms with Gasteiger partial charge in [0.1, 0.15) is 5.76 Å². The van der Waals surface area contributed by atoms with Gasteiger partial charge in [0.05, 0.1) is 23.0 Å². The predicted molar refractivity (Wildman–Crippen MR) is 83.4 cm³/mol. The lowest BCUT2D eigenvalue weighted by molar-refractivity contribution is -0.121.